The summed E-state index contributed by atoms with van der Waals surface area (Å²) in [5.41, 5.74) is 2.27. The van der Waals surface area contributed by atoms with Crippen molar-refractivity contribution in [2.45, 2.75) is 52.5 Å². The number of fused-ring (bicyclic) bond motifs is 2. The zero-order valence-corrected chi connectivity index (χ0v) is 14.4. The summed E-state index contributed by atoms with van der Waals surface area (Å²) in [7, 11) is 1.35. The lowest BCUT2D eigenvalue weighted by Gasteiger charge is -2.28. The number of ether oxygens (including phenoxy) is 1. The third-order valence-corrected chi connectivity index (χ3v) is 5.85. The Labute approximate surface area is 137 Å². The first-order chi connectivity index (χ1) is 10.9. The summed E-state index contributed by atoms with van der Waals surface area (Å²) in [6, 6.07) is 0.169. The average Bonchev–Trinajstić information content (AvgIpc) is 3.21. The van der Waals surface area contributed by atoms with E-state index in [4.69, 9.17) is 4.74 Å². The van der Waals surface area contributed by atoms with E-state index in [1.54, 1.807) is 13.8 Å². The Kier molecular flexibility index (Phi) is 4.21. The minimum atomic E-state index is -0.406. The van der Waals surface area contributed by atoms with Crippen LogP contribution in [0.5, 0.6) is 0 Å². The summed E-state index contributed by atoms with van der Waals surface area (Å²) in [5.74, 6) is 1.69. The number of aryl methyl sites for hydroxylation is 1. The van der Waals surface area contributed by atoms with Crippen LogP contribution in [0.2, 0.25) is 0 Å². The molecule has 126 valence electrons. The number of esters is 1. The maximum Gasteiger partial charge on any atom is 0.339 e. The van der Waals surface area contributed by atoms with Gasteiger partial charge in [-0.3, -0.25) is 4.79 Å². The predicted octanol–water partition coefficient (Wildman–Crippen LogP) is 2.97. The van der Waals surface area contributed by atoms with Crippen molar-refractivity contribution in [3.8, 4) is 0 Å². The van der Waals surface area contributed by atoms with Crippen LogP contribution >= 0.6 is 0 Å². The molecule has 1 aromatic rings. The van der Waals surface area contributed by atoms with Gasteiger partial charge in [0.15, 0.2) is 0 Å². The zero-order valence-electron chi connectivity index (χ0n) is 14.4. The van der Waals surface area contributed by atoms with Crippen molar-refractivity contribution in [1.82, 2.24) is 10.3 Å². The van der Waals surface area contributed by atoms with E-state index in [9.17, 15) is 9.59 Å². The number of hydrogen-bond acceptors (Lipinski definition) is 3. The summed E-state index contributed by atoms with van der Waals surface area (Å²) < 4.78 is 4.80. The van der Waals surface area contributed by atoms with Crippen LogP contribution < -0.4 is 5.32 Å². The van der Waals surface area contributed by atoms with Crippen LogP contribution in [0.4, 0.5) is 0 Å². The van der Waals surface area contributed by atoms with E-state index in [0.717, 1.165) is 11.8 Å². The van der Waals surface area contributed by atoms with Gasteiger partial charge in [0, 0.05) is 11.7 Å². The van der Waals surface area contributed by atoms with Gasteiger partial charge in [-0.2, -0.15) is 0 Å². The fraction of sp³-hybridized carbons (Fsp3) is 0.667. The smallest absolute Gasteiger partial charge is 0.339 e. The van der Waals surface area contributed by atoms with Crippen LogP contribution in [0.1, 0.15) is 64.7 Å². The number of hydrogen-bond donors (Lipinski definition) is 2. The molecule has 1 amide bonds. The molecule has 23 heavy (non-hydrogen) atoms. The second-order valence-electron chi connectivity index (χ2n) is 7.22. The van der Waals surface area contributed by atoms with Gasteiger partial charge >= 0.3 is 5.97 Å². The summed E-state index contributed by atoms with van der Waals surface area (Å²) in [5, 5.41) is 3.14. The number of carbonyl (C=O) groups is 2. The highest BCUT2D eigenvalue weighted by Gasteiger charge is 2.42. The van der Waals surface area contributed by atoms with Gasteiger partial charge in [-0.1, -0.05) is 6.42 Å². The molecule has 0 radical (unpaired) electrons. The second kappa shape index (κ2) is 6.02. The third kappa shape index (κ3) is 2.77. The molecule has 2 saturated carbocycles. The number of nitrogens with one attached hydrogen (secondary N) is 2. The molecule has 0 aliphatic heterocycles. The quantitative estimate of drug-likeness (QED) is 0.838. The van der Waals surface area contributed by atoms with E-state index < -0.39 is 5.97 Å². The van der Waals surface area contributed by atoms with Crippen LogP contribution in [0.25, 0.3) is 0 Å². The molecule has 5 heteroatoms. The monoisotopic (exact) mass is 318 g/mol. The Hall–Kier alpha value is -1.78. The van der Waals surface area contributed by atoms with Gasteiger partial charge in [-0.25, -0.2) is 4.79 Å². The van der Waals surface area contributed by atoms with E-state index in [1.165, 1.54) is 32.8 Å². The highest BCUT2D eigenvalue weighted by molar-refractivity contribution is 6.00. The first-order valence-electron chi connectivity index (χ1n) is 8.50. The van der Waals surface area contributed by atoms with Crippen molar-refractivity contribution in [3.63, 3.8) is 0 Å². The molecular formula is C18H26N2O3. The van der Waals surface area contributed by atoms with E-state index in [1.807, 2.05) is 0 Å². The molecular weight excluding hydrogens is 292 g/mol. The average molecular weight is 318 g/mol. The van der Waals surface area contributed by atoms with Gasteiger partial charge in [-0.05, 0) is 63.4 Å². The number of aromatic amines is 1. The Bertz CT molecular complexity index is 634. The summed E-state index contributed by atoms with van der Waals surface area (Å²) >= 11 is 0. The maximum absolute atomic E-state index is 12.6. The summed E-state index contributed by atoms with van der Waals surface area (Å²) in [6.45, 7) is 5.68. The van der Waals surface area contributed by atoms with Crippen LogP contribution in [-0.4, -0.2) is 30.0 Å². The fourth-order valence-electron chi connectivity index (χ4n) is 4.68. The fourth-order valence-corrected chi connectivity index (χ4v) is 4.68. The lowest BCUT2D eigenvalue weighted by atomic mass is 9.84. The Balaban J connectivity index is 1.72. The van der Waals surface area contributed by atoms with Crippen LogP contribution in [0.3, 0.4) is 0 Å². The number of methoxy groups -OCH3 is 1. The molecule has 5 nitrogen and oxygen atoms in total. The molecule has 2 aliphatic carbocycles. The normalized spacial score (nSPS) is 27.0. The molecule has 0 spiro atoms. The minimum absolute atomic E-state index is 0.129. The number of aromatic nitrogens is 1. The molecule has 0 aromatic carbocycles. The largest absolute Gasteiger partial charge is 0.465 e. The third-order valence-electron chi connectivity index (χ3n) is 5.85. The minimum Gasteiger partial charge on any atom is -0.465 e. The van der Waals surface area contributed by atoms with Crippen LogP contribution in [0, 0.1) is 31.6 Å². The van der Waals surface area contributed by atoms with Crippen LogP contribution in [-0.2, 0) is 4.74 Å². The van der Waals surface area contributed by atoms with Crippen molar-refractivity contribution < 1.29 is 14.3 Å². The van der Waals surface area contributed by atoms with Gasteiger partial charge in [0.2, 0.25) is 0 Å². The molecule has 1 heterocycles. The second-order valence-corrected chi connectivity index (χ2v) is 7.22. The van der Waals surface area contributed by atoms with Crippen molar-refractivity contribution in [2.75, 3.05) is 7.11 Å². The predicted molar refractivity (Wildman–Crippen MR) is 87.5 cm³/mol. The molecule has 2 bridgehead atoms. The van der Waals surface area contributed by atoms with E-state index in [-0.39, 0.29) is 11.9 Å². The Morgan fingerprint density at radius 1 is 1.26 bits per heavy atom. The number of H-pyrrole nitrogens is 1. The number of rotatable bonds is 4. The van der Waals surface area contributed by atoms with E-state index in [0.29, 0.717) is 28.4 Å². The Morgan fingerprint density at radius 2 is 2.00 bits per heavy atom. The SMILES string of the molecule is COC(=O)c1c(C)[nH]c(C(=O)NC(C)C2CC3CCC2C3)c1C. The topological polar surface area (TPSA) is 71.2 Å². The van der Waals surface area contributed by atoms with Gasteiger partial charge in [0.25, 0.3) is 5.91 Å². The van der Waals surface area contributed by atoms with Crippen molar-refractivity contribution >= 4 is 11.9 Å². The molecule has 4 atom stereocenters. The molecule has 2 fully saturated rings. The molecule has 0 saturated heterocycles. The van der Waals surface area contributed by atoms with Crippen molar-refractivity contribution in [1.29, 1.82) is 0 Å². The summed E-state index contributed by atoms with van der Waals surface area (Å²) in [4.78, 5) is 27.5. The summed E-state index contributed by atoms with van der Waals surface area (Å²) in [6.07, 6.45) is 5.24. The molecule has 2 aliphatic rings. The highest BCUT2D eigenvalue weighted by atomic mass is 16.5. The Morgan fingerprint density at radius 3 is 2.57 bits per heavy atom. The van der Waals surface area contributed by atoms with Gasteiger partial charge < -0.3 is 15.0 Å². The van der Waals surface area contributed by atoms with Crippen molar-refractivity contribution in [3.05, 3.63) is 22.5 Å². The first kappa shape index (κ1) is 16.1. The molecule has 1 aromatic heterocycles. The van der Waals surface area contributed by atoms with Gasteiger partial charge in [0.1, 0.15) is 5.69 Å². The van der Waals surface area contributed by atoms with E-state index >= 15 is 0 Å². The molecule has 3 rings (SSSR count). The highest BCUT2D eigenvalue weighted by Crippen LogP contribution is 2.49. The van der Waals surface area contributed by atoms with Crippen LogP contribution in [0.15, 0.2) is 0 Å². The zero-order chi connectivity index (χ0) is 16.7. The first-order valence-corrected chi connectivity index (χ1v) is 8.50. The number of carbonyl (C=O) groups excluding carboxylic acids is 2. The standard InChI is InChI=1S/C18H26N2O3/c1-9-15(18(22)23-4)11(3)19-16(9)17(21)20-10(2)14-8-12-5-6-13(14)7-12/h10,12-14,19H,5-8H2,1-4H3,(H,20,21). The maximum atomic E-state index is 12.6. The lowest BCUT2D eigenvalue weighted by Crippen LogP contribution is -2.40. The van der Waals surface area contributed by atoms with E-state index in [2.05, 4.69) is 17.2 Å². The molecule has 4 unspecified atom stereocenters. The van der Waals surface area contributed by atoms with Gasteiger partial charge in [-0.15, -0.1) is 0 Å². The lowest BCUT2D eigenvalue weighted by molar-refractivity contribution is 0.0599. The molecule has 2 N–H and O–H groups in total. The van der Waals surface area contributed by atoms with Gasteiger partial charge in [0.05, 0.1) is 12.7 Å². The number of amides is 1. The van der Waals surface area contributed by atoms with Crippen molar-refractivity contribution in [2.24, 2.45) is 17.8 Å².